The lowest BCUT2D eigenvalue weighted by Crippen LogP contribution is -2.32. The molecule has 0 fully saturated rings. The number of benzene rings is 1. The molecule has 2 aromatic rings. The SMILES string of the molecule is Cc1nc(-c2cc(Br)ccc2F)c2n1CC(N)CC2. The maximum Gasteiger partial charge on any atom is 0.132 e. The molecule has 1 aliphatic rings. The summed E-state index contributed by atoms with van der Waals surface area (Å²) in [5.41, 5.74) is 8.39. The second-order valence-corrected chi connectivity index (χ2v) is 5.90. The van der Waals surface area contributed by atoms with Crippen LogP contribution in [0.15, 0.2) is 22.7 Å². The second-order valence-electron chi connectivity index (χ2n) is 4.99. The zero-order chi connectivity index (χ0) is 13.6. The molecule has 19 heavy (non-hydrogen) atoms. The largest absolute Gasteiger partial charge is 0.330 e. The molecule has 1 aromatic heterocycles. The quantitative estimate of drug-likeness (QED) is 0.876. The zero-order valence-corrected chi connectivity index (χ0v) is 12.2. The van der Waals surface area contributed by atoms with Gasteiger partial charge in [0, 0.05) is 28.3 Å². The molecular formula is C14H15BrFN3. The van der Waals surface area contributed by atoms with Crippen molar-refractivity contribution in [2.45, 2.75) is 32.4 Å². The predicted molar refractivity (Wildman–Crippen MR) is 76.4 cm³/mol. The molecule has 1 atom stereocenters. The first-order valence-corrected chi connectivity index (χ1v) is 7.12. The molecule has 0 spiro atoms. The minimum atomic E-state index is -0.237. The van der Waals surface area contributed by atoms with Crippen LogP contribution in [0.3, 0.4) is 0 Å². The van der Waals surface area contributed by atoms with E-state index in [-0.39, 0.29) is 11.9 Å². The Bertz CT molecular complexity index is 636. The van der Waals surface area contributed by atoms with Crippen LogP contribution in [0, 0.1) is 12.7 Å². The fourth-order valence-corrected chi connectivity index (χ4v) is 3.01. The normalized spacial score (nSPS) is 18.4. The van der Waals surface area contributed by atoms with E-state index in [2.05, 4.69) is 25.5 Å². The van der Waals surface area contributed by atoms with Crippen molar-refractivity contribution in [2.75, 3.05) is 0 Å². The minimum absolute atomic E-state index is 0.167. The van der Waals surface area contributed by atoms with Crippen LogP contribution in [0.1, 0.15) is 17.9 Å². The molecule has 3 nitrogen and oxygen atoms in total. The monoisotopic (exact) mass is 323 g/mol. The van der Waals surface area contributed by atoms with Gasteiger partial charge in [0.25, 0.3) is 0 Å². The van der Waals surface area contributed by atoms with E-state index in [9.17, 15) is 4.39 Å². The maximum absolute atomic E-state index is 14.0. The Hall–Kier alpha value is -1.20. The van der Waals surface area contributed by atoms with E-state index in [1.165, 1.54) is 6.07 Å². The third kappa shape index (κ3) is 2.21. The van der Waals surface area contributed by atoms with E-state index in [1.54, 1.807) is 12.1 Å². The van der Waals surface area contributed by atoms with Crippen LogP contribution in [-0.4, -0.2) is 15.6 Å². The van der Waals surface area contributed by atoms with Crippen LogP contribution in [0.2, 0.25) is 0 Å². The first kappa shape index (κ1) is 12.8. The average Bonchev–Trinajstić information content (AvgIpc) is 2.69. The van der Waals surface area contributed by atoms with Crippen LogP contribution in [0.4, 0.5) is 4.39 Å². The summed E-state index contributed by atoms with van der Waals surface area (Å²) >= 11 is 3.38. The standard InChI is InChI=1S/C14H15BrFN3/c1-8-18-14(11-6-9(15)2-4-12(11)16)13-5-3-10(17)7-19(8)13/h2,4,6,10H,3,5,7,17H2,1H3. The minimum Gasteiger partial charge on any atom is -0.330 e. The lowest BCUT2D eigenvalue weighted by Gasteiger charge is -2.22. The van der Waals surface area contributed by atoms with Gasteiger partial charge in [-0.2, -0.15) is 0 Å². The van der Waals surface area contributed by atoms with Crippen LogP contribution >= 0.6 is 15.9 Å². The smallest absolute Gasteiger partial charge is 0.132 e. The Kier molecular flexibility index (Phi) is 3.19. The number of rotatable bonds is 1. The van der Waals surface area contributed by atoms with Gasteiger partial charge in [0.2, 0.25) is 0 Å². The number of aryl methyl sites for hydroxylation is 1. The summed E-state index contributed by atoms with van der Waals surface area (Å²) in [5, 5.41) is 0. The molecule has 0 saturated carbocycles. The van der Waals surface area contributed by atoms with E-state index in [0.717, 1.165) is 41.1 Å². The van der Waals surface area contributed by atoms with Crippen molar-refractivity contribution in [3.05, 3.63) is 40.0 Å². The van der Waals surface area contributed by atoms with E-state index < -0.39 is 0 Å². The summed E-state index contributed by atoms with van der Waals surface area (Å²) in [6.45, 7) is 2.71. The average molecular weight is 324 g/mol. The Balaban J connectivity index is 2.16. The molecule has 1 aromatic carbocycles. The summed E-state index contributed by atoms with van der Waals surface area (Å²) < 4.78 is 17.0. The summed E-state index contributed by atoms with van der Waals surface area (Å²) in [7, 11) is 0. The molecular weight excluding hydrogens is 309 g/mol. The molecule has 5 heteroatoms. The number of imidazole rings is 1. The Morgan fingerprint density at radius 2 is 2.26 bits per heavy atom. The van der Waals surface area contributed by atoms with Gasteiger partial charge in [-0.15, -0.1) is 0 Å². The highest BCUT2D eigenvalue weighted by atomic mass is 79.9. The van der Waals surface area contributed by atoms with E-state index in [0.29, 0.717) is 5.56 Å². The Labute approximate surface area is 119 Å². The van der Waals surface area contributed by atoms with Crippen molar-refractivity contribution < 1.29 is 4.39 Å². The van der Waals surface area contributed by atoms with Crippen LogP contribution < -0.4 is 5.73 Å². The van der Waals surface area contributed by atoms with Crippen molar-refractivity contribution in [3.8, 4) is 11.3 Å². The second kappa shape index (κ2) is 4.72. The Morgan fingerprint density at radius 3 is 3.05 bits per heavy atom. The fraction of sp³-hybridized carbons (Fsp3) is 0.357. The number of nitrogens with two attached hydrogens (primary N) is 1. The van der Waals surface area contributed by atoms with Crippen molar-refractivity contribution >= 4 is 15.9 Å². The lowest BCUT2D eigenvalue weighted by molar-refractivity contribution is 0.454. The number of aromatic nitrogens is 2. The van der Waals surface area contributed by atoms with E-state index in [4.69, 9.17) is 5.73 Å². The van der Waals surface area contributed by atoms with Gasteiger partial charge in [0.05, 0.1) is 5.69 Å². The van der Waals surface area contributed by atoms with Crippen LogP contribution in [0.25, 0.3) is 11.3 Å². The van der Waals surface area contributed by atoms with E-state index >= 15 is 0 Å². The van der Waals surface area contributed by atoms with Gasteiger partial charge in [0.1, 0.15) is 11.6 Å². The number of fused-ring (bicyclic) bond motifs is 1. The summed E-state index contributed by atoms with van der Waals surface area (Å²) in [6.07, 6.45) is 1.77. The van der Waals surface area contributed by atoms with Crippen molar-refractivity contribution in [2.24, 2.45) is 5.73 Å². The molecule has 0 radical (unpaired) electrons. The molecule has 0 bridgehead atoms. The maximum atomic E-state index is 14.0. The highest BCUT2D eigenvalue weighted by molar-refractivity contribution is 9.10. The third-order valence-corrected chi connectivity index (χ3v) is 4.11. The van der Waals surface area contributed by atoms with Gasteiger partial charge >= 0.3 is 0 Å². The molecule has 0 amide bonds. The summed E-state index contributed by atoms with van der Waals surface area (Å²) in [5.74, 6) is 0.665. The molecule has 0 saturated heterocycles. The van der Waals surface area contributed by atoms with E-state index in [1.807, 2.05) is 6.92 Å². The van der Waals surface area contributed by atoms with Crippen molar-refractivity contribution in [1.82, 2.24) is 9.55 Å². The summed E-state index contributed by atoms with van der Waals surface area (Å²) in [6, 6.07) is 5.12. The molecule has 1 aliphatic heterocycles. The topological polar surface area (TPSA) is 43.8 Å². The van der Waals surface area contributed by atoms with Crippen molar-refractivity contribution in [3.63, 3.8) is 0 Å². The molecule has 2 N–H and O–H groups in total. The number of hydrogen-bond donors (Lipinski definition) is 1. The van der Waals surface area contributed by atoms with Crippen LogP contribution in [-0.2, 0) is 13.0 Å². The molecule has 1 unspecified atom stereocenters. The molecule has 2 heterocycles. The van der Waals surface area contributed by atoms with Gasteiger partial charge in [-0.3, -0.25) is 0 Å². The molecule has 0 aliphatic carbocycles. The van der Waals surface area contributed by atoms with Gasteiger partial charge in [-0.05, 0) is 38.0 Å². The summed E-state index contributed by atoms with van der Waals surface area (Å²) in [4.78, 5) is 4.55. The lowest BCUT2D eigenvalue weighted by atomic mass is 10.0. The predicted octanol–water partition coefficient (Wildman–Crippen LogP) is 3.03. The van der Waals surface area contributed by atoms with Gasteiger partial charge < -0.3 is 10.3 Å². The number of nitrogens with zero attached hydrogens (tertiary/aromatic N) is 2. The van der Waals surface area contributed by atoms with Gasteiger partial charge in [-0.1, -0.05) is 15.9 Å². The highest BCUT2D eigenvalue weighted by Gasteiger charge is 2.24. The van der Waals surface area contributed by atoms with Gasteiger partial charge in [-0.25, -0.2) is 9.37 Å². The molecule has 3 rings (SSSR count). The Morgan fingerprint density at radius 1 is 1.47 bits per heavy atom. The first-order valence-electron chi connectivity index (χ1n) is 6.33. The zero-order valence-electron chi connectivity index (χ0n) is 10.7. The third-order valence-electron chi connectivity index (χ3n) is 3.62. The molecule has 100 valence electrons. The fourth-order valence-electron chi connectivity index (χ4n) is 2.65. The highest BCUT2D eigenvalue weighted by Crippen LogP contribution is 2.31. The van der Waals surface area contributed by atoms with Crippen LogP contribution in [0.5, 0.6) is 0 Å². The van der Waals surface area contributed by atoms with Gasteiger partial charge in [0.15, 0.2) is 0 Å². The van der Waals surface area contributed by atoms with Crippen molar-refractivity contribution in [1.29, 1.82) is 0 Å². The number of hydrogen-bond acceptors (Lipinski definition) is 2. The number of halogens is 2. The first-order chi connectivity index (χ1) is 9.06.